The Balaban J connectivity index is 1.17. The Labute approximate surface area is 238 Å². The number of halogens is 3. The minimum absolute atomic E-state index is 0.281. The molecule has 4 aromatic carbocycles. The molecule has 1 aromatic heterocycles. The lowest BCUT2D eigenvalue weighted by molar-refractivity contribution is -0.137. The summed E-state index contributed by atoms with van der Waals surface area (Å²) in [6.45, 7) is 0.281. The molecule has 0 fully saturated rings. The summed E-state index contributed by atoms with van der Waals surface area (Å²) in [5.41, 5.74) is 3.58. The second-order valence-corrected chi connectivity index (χ2v) is 10.0. The Morgan fingerprint density at radius 2 is 1.34 bits per heavy atom. The lowest BCUT2D eigenvalue weighted by Gasteiger charge is -2.11. The summed E-state index contributed by atoms with van der Waals surface area (Å²) in [4.78, 5) is 25.4. The van der Waals surface area contributed by atoms with Crippen LogP contribution in [-0.4, -0.2) is 12.0 Å². The van der Waals surface area contributed by atoms with Crippen LogP contribution in [0.5, 0.6) is 5.06 Å². The van der Waals surface area contributed by atoms with Crippen molar-refractivity contribution in [3.8, 4) is 27.3 Å². The number of rotatable bonds is 7. The third-order valence-electron chi connectivity index (χ3n) is 6.20. The molecule has 9 heteroatoms. The second kappa shape index (κ2) is 12.1. The van der Waals surface area contributed by atoms with Crippen molar-refractivity contribution in [3.05, 3.63) is 132 Å². The Bertz CT molecular complexity index is 1650. The molecule has 0 saturated heterocycles. The van der Waals surface area contributed by atoms with Gasteiger partial charge in [-0.05, 0) is 58.1 Å². The lowest BCUT2D eigenvalue weighted by Crippen LogP contribution is -2.25. The Hall–Kier alpha value is -4.89. The molecule has 0 atom stereocenters. The highest BCUT2D eigenvalue weighted by Crippen LogP contribution is 2.33. The van der Waals surface area contributed by atoms with Gasteiger partial charge in [-0.1, -0.05) is 96.3 Å². The molecular formula is C32H23F3N2O3S. The van der Waals surface area contributed by atoms with Gasteiger partial charge in [0, 0.05) is 12.1 Å². The average molecular weight is 573 g/mol. The van der Waals surface area contributed by atoms with Crippen molar-refractivity contribution in [2.45, 2.75) is 12.7 Å². The number of anilines is 1. The fraction of sp³-hybridized carbons (Fsp3) is 0.0625. The summed E-state index contributed by atoms with van der Waals surface area (Å²) in [5, 5.41) is 6.20. The molecule has 41 heavy (non-hydrogen) atoms. The van der Waals surface area contributed by atoms with E-state index in [-0.39, 0.29) is 11.6 Å². The van der Waals surface area contributed by atoms with Crippen LogP contribution in [-0.2, 0) is 12.7 Å². The highest BCUT2D eigenvalue weighted by molar-refractivity contribution is 7.18. The number of carbonyl (C=O) groups excluding carboxylic acids is 2. The molecule has 0 radical (unpaired) electrons. The third-order valence-corrected chi connectivity index (χ3v) is 7.08. The minimum atomic E-state index is -4.45. The molecule has 0 aliphatic heterocycles. The van der Waals surface area contributed by atoms with Gasteiger partial charge in [-0.25, -0.2) is 4.79 Å². The molecule has 5 aromatic rings. The molecular weight excluding hydrogens is 549 g/mol. The number of amides is 2. The van der Waals surface area contributed by atoms with E-state index in [1.165, 1.54) is 12.1 Å². The molecule has 2 amide bonds. The standard InChI is InChI=1S/C32H23F3N2O3S/c33-32(34,35)25-16-14-24(15-17-25)26-8-4-5-9-27(26)30(38)37-28-18-19-29(41-28)40-31(39)36-20-21-10-12-23(13-11-21)22-6-2-1-3-7-22/h1-19H,20H2,(H,36,39)(H,37,38). The summed E-state index contributed by atoms with van der Waals surface area (Å²) in [5.74, 6) is -0.447. The lowest BCUT2D eigenvalue weighted by atomic mass is 9.98. The number of alkyl halides is 3. The fourth-order valence-corrected chi connectivity index (χ4v) is 4.89. The van der Waals surface area contributed by atoms with Gasteiger partial charge in [-0.3, -0.25) is 4.79 Å². The van der Waals surface area contributed by atoms with E-state index in [2.05, 4.69) is 10.6 Å². The van der Waals surface area contributed by atoms with Crippen LogP contribution in [0.4, 0.5) is 23.0 Å². The zero-order chi connectivity index (χ0) is 28.8. The maximum atomic E-state index is 13.0. The first-order valence-electron chi connectivity index (χ1n) is 12.5. The highest BCUT2D eigenvalue weighted by Gasteiger charge is 2.30. The van der Waals surface area contributed by atoms with E-state index in [1.54, 1.807) is 36.4 Å². The van der Waals surface area contributed by atoms with Crippen molar-refractivity contribution < 1.29 is 27.5 Å². The van der Waals surface area contributed by atoms with Crippen molar-refractivity contribution in [1.82, 2.24) is 5.32 Å². The van der Waals surface area contributed by atoms with Crippen molar-refractivity contribution in [1.29, 1.82) is 0 Å². The molecule has 0 saturated carbocycles. The molecule has 2 N–H and O–H groups in total. The van der Waals surface area contributed by atoms with Gasteiger partial charge >= 0.3 is 12.3 Å². The molecule has 0 aliphatic carbocycles. The molecule has 0 spiro atoms. The summed E-state index contributed by atoms with van der Waals surface area (Å²) in [7, 11) is 0. The van der Waals surface area contributed by atoms with Crippen LogP contribution in [0, 0.1) is 0 Å². The maximum absolute atomic E-state index is 13.0. The van der Waals surface area contributed by atoms with Gasteiger partial charge in [-0.2, -0.15) is 13.2 Å². The van der Waals surface area contributed by atoms with Gasteiger partial charge in [0.05, 0.1) is 10.6 Å². The number of hydrogen-bond acceptors (Lipinski definition) is 4. The minimum Gasteiger partial charge on any atom is -0.399 e. The average Bonchev–Trinajstić information content (AvgIpc) is 3.42. The number of benzene rings is 4. The van der Waals surface area contributed by atoms with Gasteiger partial charge in [0.25, 0.3) is 5.91 Å². The fourth-order valence-electron chi connectivity index (χ4n) is 4.14. The number of carbonyl (C=O) groups is 2. The molecule has 0 bridgehead atoms. The number of nitrogens with one attached hydrogen (secondary N) is 2. The third kappa shape index (κ3) is 7.01. The van der Waals surface area contributed by atoms with Crippen molar-refractivity contribution >= 4 is 28.3 Å². The first-order chi connectivity index (χ1) is 19.8. The molecule has 0 aliphatic rings. The van der Waals surface area contributed by atoms with Crippen molar-refractivity contribution in [3.63, 3.8) is 0 Å². The second-order valence-electron chi connectivity index (χ2n) is 9.00. The van der Waals surface area contributed by atoms with Crippen LogP contribution in [0.25, 0.3) is 22.3 Å². The largest absolute Gasteiger partial charge is 0.416 e. The summed E-state index contributed by atoms with van der Waals surface area (Å²) in [6.07, 6.45) is -5.08. The molecule has 5 rings (SSSR count). The van der Waals surface area contributed by atoms with Crippen molar-refractivity contribution in [2.24, 2.45) is 0 Å². The predicted molar refractivity (Wildman–Crippen MR) is 154 cm³/mol. The zero-order valence-corrected chi connectivity index (χ0v) is 22.3. The van der Waals surface area contributed by atoms with E-state index < -0.39 is 23.7 Å². The molecule has 5 nitrogen and oxygen atoms in total. The molecule has 206 valence electrons. The van der Waals surface area contributed by atoms with E-state index in [4.69, 9.17) is 4.74 Å². The van der Waals surface area contributed by atoms with E-state index in [0.717, 1.165) is 40.2 Å². The first kappa shape index (κ1) is 27.7. The Kier molecular flexibility index (Phi) is 8.16. The maximum Gasteiger partial charge on any atom is 0.416 e. The number of thiophene rings is 1. The van der Waals surface area contributed by atoms with Gasteiger partial charge < -0.3 is 15.4 Å². The quantitative estimate of drug-likeness (QED) is 0.205. The van der Waals surface area contributed by atoms with Crippen LogP contribution in [0.2, 0.25) is 0 Å². The summed E-state index contributed by atoms with van der Waals surface area (Å²) in [6, 6.07) is 32.3. The van der Waals surface area contributed by atoms with Gasteiger partial charge in [0.2, 0.25) is 0 Å². The first-order valence-corrected chi connectivity index (χ1v) is 13.4. The number of hydrogen-bond donors (Lipinski definition) is 2. The SMILES string of the molecule is O=C(NCc1ccc(-c2ccccc2)cc1)Oc1ccc(NC(=O)c2ccccc2-c2ccc(C(F)(F)F)cc2)s1. The normalized spacial score (nSPS) is 11.1. The van der Waals surface area contributed by atoms with Crippen LogP contribution in [0.3, 0.4) is 0 Å². The van der Waals surface area contributed by atoms with E-state index in [0.29, 0.717) is 21.7 Å². The number of ether oxygens (including phenoxy) is 1. The van der Waals surface area contributed by atoms with E-state index in [1.807, 2.05) is 54.6 Å². The van der Waals surface area contributed by atoms with Crippen molar-refractivity contribution in [2.75, 3.05) is 5.32 Å². The van der Waals surface area contributed by atoms with Crippen LogP contribution < -0.4 is 15.4 Å². The van der Waals surface area contributed by atoms with Crippen LogP contribution in [0.15, 0.2) is 115 Å². The smallest absolute Gasteiger partial charge is 0.399 e. The molecule has 0 unspecified atom stereocenters. The predicted octanol–water partition coefficient (Wildman–Crippen LogP) is 8.64. The van der Waals surface area contributed by atoms with Crippen LogP contribution in [0.1, 0.15) is 21.5 Å². The topological polar surface area (TPSA) is 67.4 Å². The highest BCUT2D eigenvalue weighted by atomic mass is 32.1. The molecule has 1 heterocycles. The summed E-state index contributed by atoms with van der Waals surface area (Å²) >= 11 is 1.07. The summed E-state index contributed by atoms with van der Waals surface area (Å²) < 4.78 is 44.2. The van der Waals surface area contributed by atoms with Gasteiger partial charge in [-0.15, -0.1) is 0 Å². The van der Waals surface area contributed by atoms with Gasteiger partial charge in [0.1, 0.15) is 0 Å². The monoisotopic (exact) mass is 572 g/mol. The van der Waals surface area contributed by atoms with E-state index >= 15 is 0 Å². The Morgan fingerprint density at radius 3 is 2.05 bits per heavy atom. The van der Waals surface area contributed by atoms with Gasteiger partial charge in [0.15, 0.2) is 5.06 Å². The Morgan fingerprint density at radius 1 is 0.707 bits per heavy atom. The van der Waals surface area contributed by atoms with E-state index in [9.17, 15) is 22.8 Å². The van der Waals surface area contributed by atoms with Crippen LogP contribution >= 0.6 is 11.3 Å². The zero-order valence-electron chi connectivity index (χ0n) is 21.4.